The van der Waals surface area contributed by atoms with E-state index >= 15 is 0 Å². The first-order valence-corrected chi connectivity index (χ1v) is 8.70. The lowest BCUT2D eigenvalue weighted by Crippen LogP contribution is -2.28. The molecule has 0 atom stereocenters. The van der Waals surface area contributed by atoms with Gasteiger partial charge in [-0.1, -0.05) is 13.0 Å². The second-order valence-corrected chi connectivity index (χ2v) is 6.84. The van der Waals surface area contributed by atoms with E-state index in [0.29, 0.717) is 18.0 Å². The van der Waals surface area contributed by atoms with Crippen molar-refractivity contribution in [1.29, 1.82) is 0 Å². The van der Waals surface area contributed by atoms with Crippen molar-refractivity contribution in [3.8, 4) is 0 Å². The van der Waals surface area contributed by atoms with Gasteiger partial charge in [0.25, 0.3) is 0 Å². The van der Waals surface area contributed by atoms with Crippen molar-refractivity contribution in [2.24, 2.45) is 0 Å². The van der Waals surface area contributed by atoms with E-state index in [1.807, 2.05) is 19.9 Å². The molecule has 0 unspecified atom stereocenters. The Bertz CT molecular complexity index is 556. The fraction of sp³-hybridized carbons (Fsp3) is 0.600. The molecular weight excluding hydrogens is 288 g/mol. The normalized spacial score (nSPS) is 11.8. The minimum atomic E-state index is -3.50. The summed E-state index contributed by atoms with van der Waals surface area (Å²) in [7, 11) is -1.95. The standard InChI is InChI=1S/C15H26N2O3S/c1-5-6-16-11-14-9-12(2)13(3)15(10-14)21(18,19)17-7-8-20-4/h9-10,16-17H,5-8,11H2,1-4H3. The summed E-state index contributed by atoms with van der Waals surface area (Å²) in [6.45, 7) is 8.10. The molecule has 5 nitrogen and oxygen atoms in total. The average molecular weight is 314 g/mol. The first-order chi connectivity index (χ1) is 9.92. The summed E-state index contributed by atoms with van der Waals surface area (Å²) in [6, 6.07) is 3.78. The summed E-state index contributed by atoms with van der Waals surface area (Å²) in [6.07, 6.45) is 1.05. The number of nitrogens with one attached hydrogen (secondary N) is 2. The van der Waals surface area contributed by atoms with Gasteiger partial charge < -0.3 is 10.1 Å². The molecule has 0 radical (unpaired) electrons. The minimum Gasteiger partial charge on any atom is -0.383 e. The van der Waals surface area contributed by atoms with Gasteiger partial charge in [0.2, 0.25) is 10.0 Å². The molecule has 6 heteroatoms. The molecule has 0 aliphatic carbocycles. The van der Waals surface area contributed by atoms with Crippen molar-refractivity contribution in [3.63, 3.8) is 0 Å². The highest BCUT2D eigenvalue weighted by molar-refractivity contribution is 7.89. The van der Waals surface area contributed by atoms with Crippen molar-refractivity contribution < 1.29 is 13.2 Å². The number of methoxy groups -OCH3 is 1. The van der Waals surface area contributed by atoms with Crippen molar-refractivity contribution in [1.82, 2.24) is 10.0 Å². The number of rotatable bonds is 9. The Morgan fingerprint density at radius 2 is 1.90 bits per heavy atom. The lowest BCUT2D eigenvalue weighted by Gasteiger charge is -2.14. The van der Waals surface area contributed by atoms with Crippen LogP contribution in [0.3, 0.4) is 0 Å². The minimum absolute atomic E-state index is 0.273. The Balaban J connectivity index is 2.99. The zero-order chi connectivity index (χ0) is 15.9. The van der Waals surface area contributed by atoms with Crippen LogP contribution in [-0.4, -0.2) is 35.2 Å². The number of hydrogen-bond donors (Lipinski definition) is 2. The van der Waals surface area contributed by atoms with Crippen molar-refractivity contribution in [3.05, 3.63) is 28.8 Å². The maximum Gasteiger partial charge on any atom is 0.240 e. The summed E-state index contributed by atoms with van der Waals surface area (Å²) in [5.41, 5.74) is 2.76. The summed E-state index contributed by atoms with van der Waals surface area (Å²) in [5, 5.41) is 3.29. The SMILES string of the molecule is CCCNCc1cc(C)c(C)c(S(=O)(=O)NCCOC)c1. The predicted molar refractivity (Wildman–Crippen MR) is 85.0 cm³/mol. The van der Waals surface area contributed by atoms with E-state index in [1.54, 1.807) is 13.2 Å². The monoisotopic (exact) mass is 314 g/mol. The molecule has 1 aromatic carbocycles. The Morgan fingerprint density at radius 1 is 1.19 bits per heavy atom. The van der Waals surface area contributed by atoms with E-state index in [1.165, 1.54) is 0 Å². The van der Waals surface area contributed by atoms with E-state index in [2.05, 4.69) is 17.0 Å². The van der Waals surface area contributed by atoms with Crippen LogP contribution in [0.15, 0.2) is 17.0 Å². The number of aryl methyl sites for hydroxylation is 1. The van der Waals surface area contributed by atoms with Gasteiger partial charge in [-0.05, 0) is 49.6 Å². The summed E-state index contributed by atoms with van der Waals surface area (Å²) < 4.78 is 32.2. The third-order valence-electron chi connectivity index (χ3n) is 3.32. The van der Waals surface area contributed by atoms with Crippen LogP contribution in [0.4, 0.5) is 0 Å². The molecule has 0 aliphatic rings. The Hall–Kier alpha value is -0.950. The molecule has 0 fully saturated rings. The zero-order valence-corrected chi connectivity index (χ0v) is 14.1. The van der Waals surface area contributed by atoms with Gasteiger partial charge in [-0.15, -0.1) is 0 Å². The molecule has 0 bridgehead atoms. The maximum absolute atomic E-state index is 12.4. The van der Waals surface area contributed by atoms with Gasteiger partial charge in [-0.3, -0.25) is 0 Å². The molecule has 0 saturated heterocycles. The van der Waals surface area contributed by atoms with Crippen LogP contribution in [-0.2, 0) is 21.3 Å². The van der Waals surface area contributed by atoms with Crippen LogP contribution in [0.25, 0.3) is 0 Å². The fourth-order valence-electron chi connectivity index (χ4n) is 2.05. The highest BCUT2D eigenvalue weighted by atomic mass is 32.2. The average Bonchev–Trinajstić information content (AvgIpc) is 2.42. The quantitative estimate of drug-likeness (QED) is 0.681. The van der Waals surface area contributed by atoms with Gasteiger partial charge in [0.1, 0.15) is 0 Å². The van der Waals surface area contributed by atoms with Crippen LogP contribution < -0.4 is 10.0 Å². The van der Waals surface area contributed by atoms with Crippen molar-refractivity contribution >= 4 is 10.0 Å². The maximum atomic E-state index is 12.4. The van der Waals surface area contributed by atoms with Gasteiger partial charge in [-0.2, -0.15) is 0 Å². The molecule has 0 heterocycles. The molecule has 0 aliphatic heterocycles. The molecule has 0 aromatic heterocycles. The summed E-state index contributed by atoms with van der Waals surface area (Å²) in [5.74, 6) is 0. The van der Waals surface area contributed by atoms with Crippen LogP contribution in [0.1, 0.15) is 30.0 Å². The number of ether oxygens (including phenoxy) is 1. The van der Waals surface area contributed by atoms with E-state index in [0.717, 1.165) is 29.7 Å². The van der Waals surface area contributed by atoms with Crippen molar-refractivity contribution in [2.75, 3.05) is 26.8 Å². The number of sulfonamides is 1. The Morgan fingerprint density at radius 3 is 2.52 bits per heavy atom. The number of benzene rings is 1. The third-order valence-corrected chi connectivity index (χ3v) is 4.91. The third kappa shape index (κ3) is 5.39. The Kier molecular flexibility index (Phi) is 7.31. The molecule has 0 spiro atoms. The van der Waals surface area contributed by atoms with Crippen LogP contribution in [0.5, 0.6) is 0 Å². The van der Waals surface area contributed by atoms with Crippen molar-refractivity contribution in [2.45, 2.75) is 38.6 Å². The molecule has 1 aromatic rings. The molecule has 0 saturated carbocycles. The highest BCUT2D eigenvalue weighted by Crippen LogP contribution is 2.21. The largest absolute Gasteiger partial charge is 0.383 e. The molecule has 1 rings (SSSR count). The summed E-state index contributed by atoms with van der Waals surface area (Å²) in [4.78, 5) is 0.354. The van der Waals surface area contributed by atoms with E-state index < -0.39 is 10.0 Å². The first-order valence-electron chi connectivity index (χ1n) is 7.21. The second kappa shape index (κ2) is 8.48. The molecule has 120 valence electrons. The first kappa shape index (κ1) is 18.1. The second-order valence-electron chi connectivity index (χ2n) is 5.10. The van der Waals surface area contributed by atoms with Gasteiger partial charge in [0, 0.05) is 20.2 Å². The van der Waals surface area contributed by atoms with Gasteiger partial charge in [0.15, 0.2) is 0 Å². The van der Waals surface area contributed by atoms with Gasteiger partial charge >= 0.3 is 0 Å². The molecule has 21 heavy (non-hydrogen) atoms. The molecule has 0 amide bonds. The lowest BCUT2D eigenvalue weighted by atomic mass is 10.1. The van der Waals surface area contributed by atoms with Gasteiger partial charge in [0.05, 0.1) is 11.5 Å². The topological polar surface area (TPSA) is 67.4 Å². The molecule has 2 N–H and O–H groups in total. The molecular formula is C15H26N2O3S. The van der Waals surface area contributed by atoms with Crippen LogP contribution in [0.2, 0.25) is 0 Å². The Labute approximate surface area is 128 Å². The van der Waals surface area contributed by atoms with E-state index in [-0.39, 0.29) is 6.54 Å². The van der Waals surface area contributed by atoms with Crippen LogP contribution in [0, 0.1) is 13.8 Å². The van der Waals surface area contributed by atoms with Gasteiger partial charge in [-0.25, -0.2) is 13.1 Å². The number of hydrogen-bond acceptors (Lipinski definition) is 4. The highest BCUT2D eigenvalue weighted by Gasteiger charge is 2.18. The smallest absolute Gasteiger partial charge is 0.240 e. The predicted octanol–water partition coefficient (Wildman–Crippen LogP) is 1.73. The zero-order valence-electron chi connectivity index (χ0n) is 13.3. The fourth-order valence-corrected chi connectivity index (χ4v) is 3.42. The van der Waals surface area contributed by atoms with E-state index in [9.17, 15) is 8.42 Å². The van der Waals surface area contributed by atoms with E-state index in [4.69, 9.17) is 4.74 Å². The summed E-state index contributed by atoms with van der Waals surface area (Å²) >= 11 is 0. The lowest BCUT2D eigenvalue weighted by molar-refractivity contribution is 0.204. The van der Waals surface area contributed by atoms with Crippen LogP contribution >= 0.6 is 0 Å².